The topological polar surface area (TPSA) is 92.6 Å². The van der Waals surface area contributed by atoms with Gasteiger partial charge in [0, 0.05) is 50.9 Å². The predicted octanol–water partition coefficient (Wildman–Crippen LogP) is 3.13. The van der Waals surface area contributed by atoms with E-state index in [9.17, 15) is 18.0 Å². The largest absolute Gasteiger partial charge is 0.341 e. The van der Waals surface area contributed by atoms with Gasteiger partial charge in [0.25, 0.3) is 0 Å². The first-order chi connectivity index (χ1) is 15.7. The highest BCUT2D eigenvalue weighted by Gasteiger charge is 2.21. The van der Waals surface area contributed by atoms with Gasteiger partial charge in [-0.3, -0.25) is 9.59 Å². The van der Waals surface area contributed by atoms with Gasteiger partial charge in [-0.15, -0.1) is 0 Å². The molecule has 0 aliphatic rings. The molecule has 0 N–H and O–H groups in total. The number of hydrogen-bond donors (Lipinski definition) is 0. The molecule has 33 heavy (non-hydrogen) atoms. The maximum Gasteiger partial charge on any atom is 0.242 e. The average Bonchev–Trinajstić information content (AvgIpc) is 3.28. The molecular formula is C24H28N4O4S. The van der Waals surface area contributed by atoms with Crippen LogP contribution in [0.4, 0.5) is 0 Å². The number of sulfonamides is 1. The van der Waals surface area contributed by atoms with Gasteiger partial charge in [-0.05, 0) is 37.6 Å². The molecule has 0 radical (unpaired) electrons. The molecule has 8 nitrogen and oxygen atoms in total. The zero-order valence-corrected chi connectivity index (χ0v) is 19.8. The molecule has 9 heteroatoms. The first-order valence-electron chi connectivity index (χ1n) is 10.6. The highest BCUT2D eigenvalue weighted by atomic mass is 32.2. The molecule has 0 fully saturated rings. The highest BCUT2D eigenvalue weighted by Crippen LogP contribution is 2.16. The van der Waals surface area contributed by atoms with Crippen LogP contribution >= 0.6 is 0 Å². The Hall–Kier alpha value is -3.30. The maximum atomic E-state index is 12.7. The van der Waals surface area contributed by atoms with Crippen molar-refractivity contribution in [1.29, 1.82) is 0 Å². The standard InChI is InChI=1S/C24H28N4O4S/c1-19(29)21-11-13-23(14-12-21)33(31,32)27(3)15-7-10-24(30)26(2)17-20-16-25-28(18-20)22-8-5-4-6-9-22/h4-6,8-9,11-14,16,18H,7,10,15,17H2,1-3H3. The zero-order valence-electron chi connectivity index (χ0n) is 19.0. The third-order valence-corrected chi connectivity index (χ3v) is 7.21. The van der Waals surface area contributed by atoms with E-state index in [0.717, 1.165) is 11.3 Å². The fraction of sp³-hybridized carbons (Fsp3) is 0.292. The fourth-order valence-electron chi connectivity index (χ4n) is 3.33. The van der Waals surface area contributed by atoms with Crippen LogP contribution in [0.5, 0.6) is 0 Å². The van der Waals surface area contributed by atoms with Gasteiger partial charge in [0.1, 0.15) is 0 Å². The van der Waals surface area contributed by atoms with E-state index in [-0.39, 0.29) is 29.6 Å². The van der Waals surface area contributed by atoms with Crippen LogP contribution < -0.4 is 0 Å². The zero-order chi connectivity index (χ0) is 24.0. The van der Waals surface area contributed by atoms with Gasteiger partial charge in [0.2, 0.25) is 15.9 Å². The molecule has 0 saturated carbocycles. The first-order valence-corrected chi connectivity index (χ1v) is 12.0. The van der Waals surface area contributed by atoms with E-state index in [1.54, 1.807) is 22.8 Å². The predicted molar refractivity (Wildman–Crippen MR) is 126 cm³/mol. The van der Waals surface area contributed by atoms with Crippen LogP contribution in [-0.2, 0) is 21.4 Å². The molecule has 0 unspecified atom stereocenters. The Balaban J connectivity index is 1.50. The molecule has 0 atom stereocenters. The van der Waals surface area contributed by atoms with E-state index in [2.05, 4.69) is 5.10 Å². The minimum Gasteiger partial charge on any atom is -0.341 e. The molecule has 0 bridgehead atoms. The van der Waals surface area contributed by atoms with Crippen LogP contribution in [0, 0.1) is 0 Å². The van der Waals surface area contributed by atoms with Crippen molar-refractivity contribution in [3.05, 3.63) is 78.1 Å². The quantitative estimate of drug-likeness (QED) is 0.426. The van der Waals surface area contributed by atoms with Crippen LogP contribution in [0.25, 0.3) is 5.69 Å². The Morgan fingerprint density at radius 1 is 1.00 bits per heavy atom. The van der Waals surface area contributed by atoms with Crippen LogP contribution in [0.2, 0.25) is 0 Å². The minimum absolute atomic E-state index is 0.0703. The lowest BCUT2D eigenvalue weighted by molar-refractivity contribution is -0.130. The molecule has 0 aliphatic carbocycles. The first kappa shape index (κ1) is 24.3. The second kappa shape index (κ2) is 10.5. The molecule has 1 amide bonds. The number of carbonyl (C=O) groups is 2. The molecule has 3 aromatic rings. The summed E-state index contributed by atoms with van der Waals surface area (Å²) < 4.78 is 28.4. The smallest absolute Gasteiger partial charge is 0.242 e. The number of nitrogens with zero attached hydrogens (tertiary/aromatic N) is 4. The van der Waals surface area contributed by atoms with Crippen molar-refractivity contribution in [2.45, 2.75) is 31.2 Å². The third-order valence-electron chi connectivity index (χ3n) is 5.33. The van der Waals surface area contributed by atoms with E-state index in [4.69, 9.17) is 0 Å². The van der Waals surface area contributed by atoms with Crippen LogP contribution in [0.1, 0.15) is 35.7 Å². The molecule has 3 rings (SSSR count). The Bertz CT molecular complexity index is 1200. The number of amides is 1. The summed E-state index contributed by atoms with van der Waals surface area (Å²) in [4.78, 5) is 25.6. The van der Waals surface area contributed by atoms with E-state index in [1.165, 1.54) is 42.5 Å². The Morgan fingerprint density at radius 2 is 1.67 bits per heavy atom. The summed E-state index contributed by atoms with van der Waals surface area (Å²) in [5.74, 6) is -0.193. The minimum atomic E-state index is -3.69. The molecule has 174 valence electrons. The van der Waals surface area contributed by atoms with E-state index < -0.39 is 10.0 Å². The van der Waals surface area contributed by atoms with Crippen molar-refractivity contribution in [3.8, 4) is 5.69 Å². The Morgan fingerprint density at radius 3 is 2.30 bits per heavy atom. The molecule has 2 aromatic carbocycles. The Labute approximate surface area is 194 Å². The van der Waals surface area contributed by atoms with Crippen LogP contribution in [0.15, 0.2) is 71.9 Å². The Kier molecular flexibility index (Phi) is 7.78. The molecule has 0 aliphatic heterocycles. The van der Waals surface area contributed by atoms with E-state index >= 15 is 0 Å². The highest BCUT2D eigenvalue weighted by molar-refractivity contribution is 7.89. The van der Waals surface area contributed by atoms with Gasteiger partial charge < -0.3 is 4.90 Å². The normalized spacial score (nSPS) is 11.5. The monoisotopic (exact) mass is 468 g/mol. The van der Waals surface area contributed by atoms with Gasteiger partial charge in [-0.2, -0.15) is 5.10 Å². The van der Waals surface area contributed by atoms with Crippen molar-refractivity contribution in [1.82, 2.24) is 19.0 Å². The molecule has 0 saturated heterocycles. The lowest BCUT2D eigenvalue weighted by Crippen LogP contribution is -2.30. The van der Waals surface area contributed by atoms with Crippen molar-refractivity contribution in [2.75, 3.05) is 20.6 Å². The summed E-state index contributed by atoms with van der Waals surface area (Å²) in [5.41, 5.74) is 2.31. The maximum absolute atomic E-state index is 12.7. The van der Waals surface area contributed by atoms with Crippen molar-refractivity contribution < 1.29 is 18.0 Å². The fourth-order valence-corrected chi connectivity index (χ4v) is 4.54. The molecule has 1 aromatic heterocycles. The number of Topliss-reactive ketones (excluding diaryl/α,β-unsaturated/α-hetero) is 1. The van der Waals surface area contributed by atoms with Crippen molar-refractivity contribution in [3.63, 3.8) is 0 Å². The number of ketones is 1. The third kappa shape index (κ3) is 6.15. The SMILES string of the molecule is CC(=O)c1ccc(S(=O)(=O)N(C)CCCC(=O)N(C)Cc2cnn(-c3ccccc3)c2)cc1. The van der Waals surface area contributed by atoms with Gasteiger partial charge in [-0.25, -0.2) is 17.4 Å². The van der Waals surface area contributed by atoms with Crippen LogP contribution in [-0.4, -0.2) is 59.7 Å². The summed E-state index contributed by atoms with van der Waals surface area (Å²) in [7, 11) is -0.478. The van der Waals surface area contributed by atoms with Crippen molar-refractivity contribution >= 4 is 21.7 Å². The number of aromatic nitrogens is 2. The lowest BCUT2D eigenvalue weighted by Gasteiger charge is -2.19. The summed E-state index contributed by atoms with van der Waals surface area (Å²) in [6.45, 7) is 2.06. The van der Waals surface area contributed by atoms with Gasteiger partial charge >= 0.3 is 0 Å². The number of rotatable bonds is 10. The number of para-hydroxylation sites is 1. The molecule has 1 heterocycles. The summed E-state index contributed by atoms with van der Waals surface area (Å²) in [5, 5.41) is 4.34. The summed E-state index contributed by atoms with van der Waals surface area (Å²) in [6, 6.07) is 15.6. The van der Waals surface area contributed by atoms with Crippen molar-refractivity contribution in [2.24, 2.45) is 0 Å². The average molecular weight is 469 g/mol. The number of carbonyl (C=O) groups excluding carboxylic acids is 2. The second-order valence-corrected chi connectivity index (χ2v) is 9.93. The summed E-state index contributed by atoms with van der Waals surface area (Å²) >= 11 is 0. The number of hydrogen-bond acceptors (Lipinski definition) is 5. The number of benzene rings is 2. The molecule has 0 spiro atoms. The summed E-state index contributed by atoms with van der Waals surface area (Å²) in [6.07, 6.45) is 4.24. The van der Waals surface area contributed by atoms with Crippen LogP contribution in [0.3, 0.4) is 0 Å². The van der Waals surface area contributed by atoms with Gasteiger partial charge in [0.05, 0.1) is 16.8 Å². The molecular weight excluding hydrogens is 440 g/mol. The van der Waals surface area contributed by atoms with E-state index in [0.29, 0.717) is 18.5 Å². The second-order valence-electron chi connectivity index (χ2n) is 7.89. The van der Waals surface area contributed by atoms with Gasteiger partial charge in [-0.1, -0.05) is 30.3 Å². The van der Waals surface area contributed by atoms with E-state index in [1.807, 2.05) is 36.5 Å². The lowest BCUT2D eigenvalue weighted by atomic mass is 10.2. The van der Waals surface area contributed by atoms with Gasteiger partial charge in [0.15, 0.2) is 5.78 Å².